The Morgan fingerprint density at radius 3 is 2.77 bits per heavy atom. The van der Waals surface area contributed by atoms with Crippen LogP contribution in [0.1, 0.15) is 5.76 Å². The highest BCUT2D eigenvalue weighted by molar-refractivity contribution is 6.33. The van der Waals surface area contributed by atoms with Crippen molar-refractivity contribution in [2.24, 2.45) is 0 Å². The van der Waals surface area contributed by atoms with E-state index in [9.17, 15) is 0 Å². The van der Waals surface area contributed by atoms with Gasteiger partial charge in [-0.05, 0) is 31.2 Å². The van der Waals surface area contributed by atoms with Crippen LogP contribution in [-0.4, -0.2) is 0 Å². The lowest BCUT2D eigenvalue weighted by atomic mass is 10.2. The molecule has 13 heavy (non-hydrogen) atoms. The Labute approximate surface area is 82.0 Å². The monoisotopic (exact) mass is 191 g/mol. The van der Waals surface area contributed by atoms with Gasteiger partial charge < -0.3 is 4.42 Å². The number of furan rings is 1. The second-order valence-electron chi connectivity index (χ2n) is 2.80. The quantitative estimate of drug-likeness (QED) is 0.670. The Balaban J connectivity index is 2.52. The SMILES string of the molecule is Cc1ccc(-c2[c]cccc2Cl)o1. The van der Waals surface area contributed by atoms with Crippen molar-refractivity contribution in [2.75, 3.05) is 0 Å². The molecule has 2 heteroatoms. The fourth-order valence-corrected chi connectivity index (χ4v) is 1.39. The second-order valence-corrected chi connectivity index (χ2v) is 3.21. The van der Waals surface area contributed by atoms with Crippen LogP contribution >= 0.6 is 11.6 Å². The summed E-state index contributed by atoms with van der Waals surface area (Å²) in [4.78, 5) is 0. The summed E-state index contributed by atoms with van der Waals surface area (Å²) in [6, 6.07) is 12.3. The molecular formula is C11H8ClO. The number of hydrogen-bond donors (Lipinski definition) is 0. The molecule has 0 amide bonds. The molecule has 1 aromatic heterocycles. The third kappa shape index (κ3) is 1.61. The van der Waals surface area contributed by atoms with Gasteiger partial charge in [0, 0.05) is 5.56 Å². The minimum atomic E-state index is 0.664. The van der Waals surface area contributed by atoms with Crippen LogP contribution in [0.25, 0.3) is 11.3 Å². The van der Waals surface area contributed by atoms with Gasteiger partial charge in [-0.2, -0.15) is 0 Å². The van der Waals surface area contributed by atoms with Gasteiger partial charge in [0.1, 0.15) is 11.5 Å². The Morgan fingerprint density at radius 2 is 2.15 bits per heavy atom. The van der Waals surface area contributed by atoms with Crippen molar-refractivity contribution in [1.82, 2.24) is 0 Å². The van der Waals surface area contributed by atoms with Crippen molar-refractivity contribution in [3.63, 3.8) is 0 Å². The van der Waals surface area contributed by atoms with Crippen molar-refractivity contribution >= 4 is 11.6 Å². The lowest BCUT2D eigenvalue weighted by Gasteiger charge is -1.97. The first-order valence-corrected chi connectivity index (χ1v) is 4.38. The zero-order chi connectivity index (χ0) is 9.26. The number of hydrogen-bond acceptors (Lipinski definition) is 1. The predicted octanol–water partition coefficient (Wildman–Crippen LogP) is 3.71. The van der Waals surface area contributed by atoms with Crippen LogP contribution in [-0.2, 0) is 0 Å². The molecule has 0 aliphatic heterocycles. The Morgan fingerprint density at radius 1 is 1.31 bits per heavy atom. The number of benzene rings is 1. The highest BCUT2D eigenvalue weighted by Gasteiger charge is 2.05. The average Bonchev–Trinajstić information content (AvgIpc) is 2.53. The summed E-state index contributed by atoms with van der Waals surface area (Å²) in [5, 5.41) is 0.664. The average molecular weight is 192 g/mol. The van der Waals surface area contributed by atoms with E-state index in [1.54, 1.807) is 0 Å². The van der Waals surface area contributed by atoms with E-state index < -0.39 is 0 Å². The molecule has 2 aromatic rings. The van der Waals surface area contributed by atoms with Gasteiger partial charge in [-0.1, -0.05) is 23.7 Å². The van der Waals surface area contributed by atoms with Crippen molar-refractivity contribution in [3.05, 3.63) is 47.2 Å². The molecule has 0 saturated carbocycles. The van der Waals surface area contributed by atoms with Crippen LogP contribution in [0.5, 0.6) is 0 Å². The minimum absolute atomic E-state index is 0.664. The molecule has 0 unspecified atom stereocenters. The summed E-state index contributed by atoms with van der Waals surface area (Å²) < 4.78 is 5.43. The Kier molecular flexibility index (Phi) is 2.11. The van der Waals surface area contributed by atoms with Gasteiger partial charge in [0.15, 0.2) is 0 Å². The van der Waals surface area contributed by atoms with Gasteiger partial charge in [-0.25, -0.2) is 0 Å². The molecule has 0 aliphatic carbocycles. The van der Waals surface area contributed by atoms with Gasteiger partial charge in [-0.15, -0.1) is 0 Å². The number of rotatable bonds is 1. The van der Waals surface area contributed by atoms with Crippen molar-refractivity contribution in [2.45, 2.75) is 6.92 Å². The van der Waals surface area contributed by atoms with Crippen molar-refractivity contribution in [1.29, 1.82) is 0 Å². The molecule has 1 heterocycles. The van der Waals surface area contributed by atoms with Crippen LogP contribution < -0.4 is 0 Å². The highest BCUT2D eigenvalue weighted by Crippen LogP contribution is 2.28. The molecule has 0 atom stereocenters. The van der Waals surface area contributed by atoms with Gasteiger partial charge >= 0.3 is 0 Å². The fourth-order valence-electron chi connectivity index (χ4n) is 1.17. The first kappa shape index (κ1) is 8.39. The fraction of sp³-hybridized carbons (Fsp3) is 0.0909. The molecule has 0 fully saturated rings. The van der Waals surface area contributed by atoms with Gasteiger partial charge in [-0.3, -0.25) is 0 Å². The van der Waals surface area contributed by atoms with Crippen LogP contribution in [0.2, 0.25) is 5.02 Å². The van der Waals surface area contributed by atoms with Crippen LogP contribution in [0.15, 0.2) is 34.7 Å². The van der Waals surface area contributed by atoms with Crippen LogP contribution in [0.3, 0.4) is 0 Å². The predicted molar refractivity (Wildman–Crippen MR) is 52.7 cm³/mol. The van der Waals surface area contributed by atoms with E-state index in [4.69, 9.17) is 16.0 Å². The molecular weight excluding hydrogens is 184 g/mol. The zero-order valence-electron chi connectivity index (χ0n) is 7.17. The van der Waals surface area contributed by atoms with Crippen LogP contribution in [0, 0.1) is 13.0 Å². The van der Waals surface area contributed by atoms with E-state index in [1.807, 2.05) is 37.3 Å². The highest BCUT2D eigenvalue weighted by atomic mass is 35.5. The van der Waals surface area contributed by atoms with E-state index in [-0.39, 0.29) is 0 Å². The Bertz CT molecular complexity index is 418. The Hall–Kier alpha value is -1.21. The summed E-state index contributed by atoms with van der Waals surface area (Å²) in [7, 11) is 0. The van der Waals surface area contributed by atoms with E-state index >= 15 is 0 Å². The molecule has 0 aliphatic rings. The van der Waals surface area contributed by atoms with E-state index in [1.165, 1.54) is 0 Å². The molecule has 0 spiro atoms. The van der Waals surface area contributed by atoms with Crippen LogP contribution in [0.4, 0.5) is 0 Å². The molecule has 0 saturated heterocycles. The molecule has 65 valence electrons. The summed E-state index contributed by atoms with van der Waals surface area (Å²) >= 11 is 5.98. The van der Waals surface area contributed by atoms with Crippen molar-refractivity contribution < 1.29 is 4.42 Å². The van der Waals surface area contributed by atoms with Gasteiger partial charge in [0.05, 0.1) is 5.02 Å². The lowest BCUT2D eigenvalue weighted by Crippen LogP contribution is -1.74. The first-order chi connectivity index (χ1) is 6.27. The second kappa shape index (κ2) is 3.27. The number of halogens is 1. The third-order valence-corrected chi connectivity index (χ3v) is 2.11. The summed E-state index contributed by atoms with van der Waals surface area (Å²) in [5.74, 6) is 1.64. The summed E-state index contributed by atoms with van der Waals surface area (Å²) in [5.41, 5.74) is 0.817. The molecule has 2 rings (SSSR count). The summed E-state index contributed by atoms with van der Waals surface area (Å²) in [6.07, 6.45) is 0. The smallest absolute Gasteiger partial charge is 0.136 e. The molecule has 1 aromatic carbocycles. The minimum Gasteiger partial charge on any atom is -0.461 e. The third-order valence-electron chi connectivity index (χ3n) is 1.79. The number of aryl methyl sites for hydroxylation is 1. The molecule has 1 nitrogen and oxygen atoms in total. The maximum atomic E-state index is 5.98. The van der Waals surface area contributed by atoms with E-state index in [2.05, 4.69) is 6.07 Å². The van der Waals surface area contributed by atoms with Gasteiger partial charge in [0.25, 0.3) is 0 Å². The largest absolute Gasteiger partial charge is 0.461 e. The maximum Gasteiger partial charge on any atom is 0.136 e. The lowest BCUT2D eigenvalue weighted by molar-refractivity contribution is 0.548. The first-order valence-electron chi connectivity index (χ1n) is 4.00. The zero-order valence-corrected chi connectivity index (χ0v) is 7.93. The maximum absolute atomic E-state index is 5.98. The van der Waals surface area contributed by atoms with E-state index in [0.29, 0.717) is 5.02 Å². The van der Waals surface area contributed by atoms with Crippen molar-refractivity contribution in [3.8, 4) is 11.3 Å². The standard InChI is InChI=1S/C11H8ClO/c1-8-6-7-11(13-8)9-4-2-3-5-10(9)12/h2-3,5-7H,1H3. The summed E-state index contributed by atoms with van der Waals surface area (Å²) in [6.45, 7) is 1.90. The molecule has 0 bridgehead atoms. The normalized spacial score (nSPS) is 10.3. The van der Waals surface area contributed by atoms with E-state index in [0.717, 1.165) is 17.1 Å². The topological polar surface area (TPSA) is 13.1 Å². The van der Waals surface area contributed by atoms with Gasteiger partial charge in [0.2, 0.25) is 0 Å². The molecule has 0 N–H and O–H groups in total. The molecule has 1 radical (unpaired) electrons.